The van der Waals surface area contributed by atoms with Gasteiger partial charge in [0.05, 0.1) is 23.9 Å². The highest BCUT2D eigenvalue weighted by atomic mass is 35.5. The van der Waals surface area contributed by atoms with E-state index in [0.29, 0.717) is 35.6 Å². The largest absolute Gasteiger partial charge is 0.489 e. The molecule has 0 atom stereocenters. The number of nitrogen functional groups attached to an aromatic ring is 1. The second-order valence-corrected chi connectivity index (χ2v) is 6.51. The molecule has 2 heterocycles. The van der Waals surface area contributed by atoms with Crippen LogP contribution in [0.3, 0.4) is 0 Å². The molecule has 6 heteroatoms. The molecule has 0 saturated carbocycles. The molecule has 2 aromatic rings. The summed E-state index contributed by atoms with van der Waals surface area (Å²) >= 11 is 6.34. The van der Waals surface area contributed by atoms with Crippen molar-refractivity contribution < 1.29 is 9.47 Å². The van der Waals surface area contributed by atoms with E-state index in [1.54, 1.807) is 17.8 Å². The van der Waals surface area contributed by atoms with Crippen LogP contribution in [0.4, 0.5) is 5.82 Å². The van der Waals surface area contributed by atoms with Crippen LogP contribution in [0.25, 0.3) is 11.3 Å². The van der Waals surface area contributed by atoms with Crippen LogP contribution < -0.4 is 15.2 Å². The smallest absolute Gasteiger partial charge is 0.179 e. The van der Waals surface area contributed by atoms with Gasteiger partial charge in [0.25, 0.3) is 0 Å². The number of ether oxygens (including phenoxy) is 2. The molecule has 1 aromatic heterocycles. The van der Waals surface area contributed by atoms with E-state index in [1.165, 1.54) is 0 Å². The Morgan fingerprint density at radius 2 is 1.95 bits per heavy atom. The van der Waals surface area contributed by atoms with Crippen molar-refractivity contribution in [2.75, 3.05) is 18.9 Å². The lowest BCUT2D eigenvalue weighted by atomic mass is 9.97. The number of aromatic nitrogens is 2. The highest BCUT2D eigenvalue weighted by Gasteiger charge is 2.27. The molecule has 0 radical (unpaired) electrons. The van der Waals surface area contributed by atoms with Crippen LogP contribution in [-0.4, -0.2) is 23.0 Å². The summed E-state index contributed by atoms with van der Waals surface area (Å²) in [6, 6.07) is 5.52. The first-order valence-electron chi connectivity index (χ1n) is 6.75. The van der Waals surface area contributed by atoms with Gasteiger partial charge < -0.3 is 15.2 Å². The summed E-state index contributed by atoms with van der Waals surface area (Å²) in [5.41, 5.74) is 7.38. The zero-order valence-corrected chi connectivity index (χ0v) is 13.1. The molecule has 0 bridgehead atoms. The molecule has 1 aliphatic heterocycles. The molecule has 3 rings (SSSR count). The van der Waals surface area contributed by atoms with Crippen LogP contribution in [-0.2, 0) is 7.05 Å². The molecule has 0 aliphatic carbocycles. The molecule has 2 N–H and O–H groups in total. The maximum Gasteiger partial charge on any atom is 0.179 e. The van der Waals surface area contributed by atoms with Gasteiger partial charge in [-0.3, -0.25) is 4.68 Å². The summed E-state index contributed by atoms with van der Waals surface area (Å²) in [7, 11) is 1.80. The highest BCUT2D eigenvalue weighted by Crippen LogP contribution is 2.42. The normalized spacial score (nSPS) is 16.6. The summed E-state index contributed by atoms with van der Waals surface area (Å²) in [6.45, 7) is 5.32. The molecule has 1 aromatic carbocycles. The lowest BCUT2D eigenvalue weighted by Crippen LogP contribution is -2.26. The van der Waals surface area contributed by atoms with Crippen molar-refractivity contribution in [2.45, 2.75) is 13.8 Å². The molecular weight excluding hydrogens is 290 g/mol. The van der Waals surface area contributed by atoms with Gasteiger partial charge in [-0.25, -0.2) is 0 Å². The fourth-order valence-electron chi connectivity index (χ4n) is 2.17. The fourth-order valence-corrected chi connectivity index (χ4v) is 2.43. The summed E-state index contributed by atoms with van der Waals surface area (Å²) in [6.07, 6.45) is 0. The van der Waals surface area contributed by atoms with Crippen LogP contribution >= 0.6 is 11.6 Å². The number of fused-ring (bicyclic) bond motifs is 1. The summed E-state index contributed by atoms with van der Waals surface area (Å²) in [5, 5.41) is 4.88. The first kappa shape index (κ1) is 14.1. The van der Waals surface area contributed by atoms with Crippen molar-refractivity contribution in [3.05, 3.63) is 23.2 Å². The lowest BCUT2D eigenvalue weighted by molar-refractivity contribution is 0.140. The van der Waals surface area contributed by atoms with E-state index >= 15 is 0 Å². The number of halogens is 1. The van der Waals surface area contributed by atoms with E-state index in [4.69, 9.17) is 26.8 Å². The Kier molecular flexibility index (Phi) is 3.24. The number of benzene rings is 1. The predicted molar refractivity (Wildman–Crippen MR) is 82.8 cm³/mol. The van der Waals surface area contributed by atoms with E-state index in [0.717, 1.165) is 11.3 Å². The summed E-state index contributed by atoms with van der Waals surface area (Å²) in [4.78, 5) is 0. The monoisotopic (exact) mass is 307 g/mol. The zero-order chi connectivity index (χ0) is 15.2. The van der Waals surface area contributed by atoms with E-state index in [-0.39, 0.29) is 5.41 Å². The number of rotatable bonds is 1. The first-order chi connectivity index (χ1) is 9.85. The van der Waals surface area contributed by atoms with E-state index in [2.05, 4.69) is 18.9 Å². The number of hydrogen-bond donors (Lipinski definition) is 1. The maximum atomic E-state index is 6.34. The molecule has 0 amide bonds. The predicted octanol–water partition coefficient (Wildman–Crippen LogP) is 3.12. The molecule has 0 saturated heterocycles. The van der Waals surface area contributed by atoms with E-state index in [9.17, 15) is 0 Å². The van der Waals surface area contributed by atoms with Gasteiger partial charge in [-0.2, -0.15) is 5.10 Å². The van der Waals surface area contributed by atoms with Gasteiger partial charge in [0.15, 0.2) is 11.5 Å². The van der Waals surface area contributed by atoms with Crippen LogP contribution in [0.5, 0.6) is 11.5 Å². The molecular formula is C15H18ClN3O2. The fraction of sp³-hybridized carbons (Fsp3) is 0.400. The van der Waals surface area contributed by atoms with Crippen molar-refractivity contribution in [2.24, 2.45) is 12.5 Å². The van der Waals surface area contributed by atoms with Gasteiger partial charge in [0.1, 0.15) is 5.82 Å². The second-order valence-electron chi connectivity index (χ2n) is 6.10. The van der Waals surface area contributed by atoms with E-state index < -0.39 is 0 Å². The van der Waals surface area contributed by atoms with Crippen LogP contribution in [0.1, 0.15) is 13.8 Å². The first-order valence-corrected chi connectivity index (χ1v) is 7.12. The van der Waals surface area contributed by atoms with Gasteiger partial charge in [0, 0.05) is 24.1 Å². The minimum absolute atomic E-state index is 0.0576. The van der Waals surface area contributed by atoms with E-state index in [1.807, 2.05) is 12.1 Å². The Bertz CT molecular complexity index is 675. The average Bonchev–Trinajstić information content (AvgIpc) is 2.65. The van der Waals surface area contributed by atoms with Crippen molar-refractivity contribution in [3.63, 3.8) is 0 Å². The topological polar surface area (TPSA) is 62.3 Å². The number of aryl methyl sites for hydroxylation is 1. The Hall–Kier alpha value is -1.88. The Labute approximate surface area is 128 Å². The SMILES string of the molecule is Cn1nc(-c2cc(Cl)c3c(c2)OCC(C)(C)CO3)cc1N. The standard InChI is InChI=1S/C15H18ClN3O2/c1-15(2)7-20-12-5-9(4-10(16)14(12)21-8-15)11-6-13(17)19(3)18-11/h4-6H,7-8,17H2,1-3H3. The Morgan fingerprint density at radius 1 is 1.24 bits per heavy atom. The molecule has 0 unspecified atom stereocenters. The van der Waals surface area contributed by atoms with Gasteiger partial charge >= 0.3 is 0 Å². The zero-order valence-electron chi connectivity index (χ0n) is 12.3. The van der Waals surface area contributed by atoms with Crippen molar-refractivity contribution in [1.29, 1.82) is 0 Å². The minimum Gasteiger partial charge on any atom is -0.489 e. The molecule has 0 spiro atoms. The maximum absolute atomic E-state index is 6.34. The molecule has 0 fully saturated rings. The van der Waals surface area contributed by atoms with Gasteiger partial charge in [-0.05, 0) is 12.1 Å². The van der Waals surface area contributed by atoms with Crippen molar-refractivity contribution in [1.82, 2.24) is 9.78 Å². The third kappa shape index (κ3) is 2.65. The average molecular weight is 308 g/mol. The minimum atomic E-state index is -0.0576. The highest BCUT2D eigenvalue weighted by molar-refractivity contribution is 6.32. The quantitative estimate of drug-likeness (QED) is 0.879. The number of anilines is 1. The van der Waals surface area contributed by atoms with Gasteiger partial charge in [-0.15, -0.1) is 0 Å². The number of nitrogens with zero attached hydrogens (tertiary/aromatic N) is 2. The van der Waals surface area contributed by atoms with Crippen LogP contribution in [0, 0.1) is 5.41 Å². The number of hydrogen-bond acceptors (Lipinski definition) is 4. The van der Waals surface area contributed by atoms with Gasteiger partial charge in [-0.1, -0.05) is 25.4 Å². The van der Waals surface area contributed by atoms with Gasteiger partial charge in [0.2, 0.25) is 0 Å². The number of nitrogens with two attached hydrogens (primary N) is 1. The van der Waals surface area contributed by atoms with Crippen LogP contribution in [0.2, 0.25) is 5.02 Å². The lowest BCUT2D eigenvalue weighted by Gasteiger charge is -2.19. The second kappa shape index (κ2) is 4.84. The third-order valence-corrected chi connectivity index (χ3v) is 3.73. The Morgan fingerprint density at radius 3 is 2.62 bits per heavy atom. The molecule has 21 heavy (non-hydrogen) atoms. The molecule has 5 nitrogen and oxygen atoms in total. The summed E-state index contributed by atoms with van der Waals surface area (Å²) in [5.74, 6) is 1.83. The molecule has 1 aliphatic rings. The third-order valence-electron chi connectivity index (χ3n) is 3.45. The summed E-state index contributed by atoms with van der Waals surface area (Å²) < 4.78 is 13.3. The van der Waals surface area contributed by atoms with Crippen molar-refractivity contribution >= 4 is 17.4 Å². The Balaban J connectivity index is 2.04. The van der Waals surface area contributed by atoms with Crippen LogP contribution in [0.15, 0.2) is 18.2 Å². The van der Waals surface area contributed by atoms with Crippen molar-refractivity contribution in [3.8, 4) is 22.8 Å². The molecule has 112 valence electrons.